The third kappa shape index (κ3) is 5.65. The second kappa shape index (κ2) is 8.63. The van der Waals surface area contributed by atoms with Gasteiger partial charge >= 0.3 is 0 Å². The molecule has 1 rings (SSSR count). The number of nitrogens with zero attached hydrogens (tertiary/aromatic N) is 1. The monoisotopic (exact) mass is 199 g/mol. The Morgan fingerprint density at radius 3 is 2.50 bits per heavy atom. The first-order valence-electron chi connectivity index (χ1n) is 4.93. The predicted octanol–water partition coefficient (Wildman–Crippen LogP) is 3.17. The van der Waals surface area contributed by atoms with E-state index in [2.05, 4.69) is 18.8 Å². The van der Waals surface area contributed by atoms with E-state index in [1.165, 1.54) is 12.5 Å². The Kier molecular flexibility index (Phi) is 8.04. The first kappa shape index (κ1) is 13.0. The van der Waals surface area contributed by atoms with Crippen molar-refractivity contribution >= 4 is 0 Å². The molecule has 0 aliphatic heterocycles. The van der Waals surface area contributed by atoms with Crippen molar-refractivity contribution in [1.82, 2.24) is 4.98 Å². The molecule has 0 fully saturated rings. The van der Waals surface area contributed by atoms with Gasteiger partial charge in [0.05, 0.1) is 6.61 Å². The minimum Gasteiger partial charge on any atom is -0.375 e. The van der Waals surface area contributed by atoms with E-state index >= 15 is 0 Å². The van der Waals surface area contributed by atoms with E-state index < -0.39 is 0 Å². The van der Waals surface area contributed by atoms with Crippen LogP contribution in [0, 0.1) is 5.82 Å². The third-order valence-corrected chi connectivity index (χ3v) is 1.28. The van der Waals surface area contributed by atoms with Crippen molar-refractivity contribution < 1.29 is 9.13 Å². The molecule has 0 N–H and O–H groups in total. The number of hydrogen-bond acceptors (Lipinski definition) is 2. The minimum atomic E-state index is -0.305. The first-order chi connectivity index (χ1) is 6.76. The number of aromatic nitrogens is 1. The second-order valence-electron chi connectivity index (χ2n) is 2.78. The molecule has 1 aromatic rings. The van der Waals surface area contributed by atoms with Gasteiger partial charge < -0.3 is 4.74 Å². The topological polar surface area (TPSA) is 22.1 Å². The Balaban J connectivity index is 0.000000500. The Bertz CT molecular complexity index is 240. The molecule has 0 aromatic carbocycles. The van der Waals surface area contributed by atoms with Crippen LogP contribution in [-0.4, -0.2) is 11.6 Å². The molecule has 14 heavy (non-hydrogen) atoms. The zero-order valence-corrected chi connectivity index (χ0v) is 9.09. The van der Waals surface area contributed by atoms with Crippen LogP contribution in [0.15, 0.2) is 18.3 Å². The molecule has 0 amide bonds. The Labute approximate surface area is 85.1 Å². The molecule has 1 aromatic heterocycles. The molecule has 0 saturated heterocycles. The molecule has 2 nitrogen and oxygen atoms in total. The fourth-order valence-electron chi connectivity index (χ4n) is 0.723. The summed E-state index contributed by atoms with van der Waals surface area (Å²) in [5.41, 5.74) is 0.370. The van der Waals surface area contributed by atoms with Gasteiger partial charge in [-0.1, -0.05) is 20.3 Å². The minimum absolute atomic E-state index is 0.253. The lowest BCUT2D eigenvalue weighted by Crippen LogP contribution is -1.97. The maximum atomic E-state index is 12.8. The normalized spacial score (nSPS) is 9.14. The van der Waals surface area contributed by atoms with E-state index in [0.717, 1.165) is 0 Å². The van der Waals surface area contributed by atoms with Gasteiger partial charge in [-0.3, -0.25) is 4.98 Å². The van der Waals surface area contributed by atoms with Gasteiger partial charge in [-0.25, -0.2) is 4.39 Å². The van der Waals surface area contributed by atoms with Crippen molar-refractivity contribution in [3.8, 4) is 0 Å². The summed E-state index contributed by atoms with van der Waals surface area (Å²) in [6.07, 6.45) is 2.80. The summed E-state index contributed by atoms with van der Waals surface area (Å²) >= 11 is 0. The van der Waals surface area contributed by atoms with E-state index in [4.69, 9.17) is 4.74 Å². The van der Waals surface area contributed by atoms with Crippen molar-refractivity contribution in [2.45, 2.75) is 33.8 Å². The van der Waals surface area contributed by atoms with E-state index in [1.807, 2.05) is 6.92 Å². The standard InChI is InChI=1S/C8H10FNO.C3H8/c1-2-11-6-8-7(9)4-3-5-10-8;1-3-2/h3-5H,2,6H2,1H3;3H2,1-2H3. The van der Waals surface area contributed by atoms with E-state index in [9.17, 15) is 4.39 Å². The van der Waals surface area contributed by atoms with Gasteiger partial charge in [0.2, 0.25) is 0 Å². The largest absolute Gasteiger partial charge is 0.375 e. The first-order valence-corrected chi connectivity index (χ1v) is 4.93. The van der Waals surface area contributed by atoms with Crippen molar-refractivity contribution in [3.05, 3.63) is 29.8 Å². The van der Waals surface area contributed by atoms with Gasteiger partial charge in [-0.2, -0.15) is 0 Å². The molecule has 80 valence electrons. The van der Waals surface area contributed by atoms with Gasteiger partial charge in [-0.05, 0) is 19.1 Å². The third-order valence-electron chi connectivity index (χ3n) is 1.28. The van der Waals surface area contributed by atoms with Crippen LogP contribution >= 0.6 is 0 Å². The fourth-order valence-corrected chi connectivity index (χ4v) is 0.723. The predicted molar refractivity (Wildman–Crippen MR) is 55.5 cm³/mol. The zero-order valence-electron chi connectivity index (χ0n) is 9.09. The SMILES string of the molecule is CCC.CCOCc1ncccc1F. The molecular formula is C11H18FNO. The molecule has 0 saturated carbocycles. The molecule has 0 aliphatic rings. The number of pyridine rings is 1. The molecule has 0 atom stereocenters. The fraction of sp³-hybridized carbons (Fsp3) is 0.545. The van der Waals surface area contributed by atoms with Crippen LogP contribution in [0.25, 0.3) is 0 Å². The summed E-state index contributed by atoms with van der Waals surface area (Å²) in [6, 6.07) is 2.94. The molecule has 0 spiro atoms. The summed E-state index contributed by atoms with van der Waals surface area (Å²) in [6.45, 7) is 6.94. The van der Waals surface area contributed by atoms with Crippen LogP contribution in [0.2, 0.25) is 0 Å². The van der Waals surface area contributed by atoms with Gasteiger partial charge in [-0.15, -0.1) is 0 Å². The summed E-state index contributed by atoms with van der Waals surface area (Å²) < 4.78 is 17.8. The average Bonchev–Trinajstić information content (AvgIpc) is 2.18. The van der Waals surface area contributed by atoms with Crippen molar-refractivity contribution in [2.24, 2.45) is 0 Å². The van der Waals surface area contributed by atoms with Crippen molar-refractivity contribution in [2.75, 3.05) is 6.61 Å². The lowest BCUT2D eigenvalue weighted by molar-refractivity contribution is 0.128. The molecule has 0 unspecified atom stereocenters. The Morgan fingerprint density at radius 1 is 1.36 bits per heavy atom. The summed E-state index contributed by atoms with van der Waals surface area (Å²) in [5, 5.41) is 0. The summed E-state index contributed by atoms with van der Waals surface area (Å²) in [4.78, 5) is 3.82. The van der Waals surface area contributed by atoms with E-state index in [0.29, 0.717) is 12.3 Å². The van der Waals surface area contributed by atoms with Gasteiger partial charge in [0, 0.05) is 12.8 Å². The van der Waals surface area contributed by atoms with Gasteiger partial charge in [0.1, 0.15) is 11.5 Å². The highest BCUT2D eigenvalue weighted by atomic mass is 19.1. The van der Waals surface area contributed by atoms with Crippen LogP contribution in [0.3, 0.4) is 0 Å². The van der Waals surface area contributed by atoms with Gasteiger partial charge in [0.25, 0.3) is 0 Å². The van der Waals surface area contributed by atoms with Crippen LogP contribution < -0.4 is 0 Å². The van der Waals surface area contributed by atoms with Crippen molar-refractivity contribution in [3.63, 3.8) is 0 Å². The second-order valence-corrected chi connectivity index (χ2v) is 2.78. The summed E-state index contributed by atoms with van der Waals surface area (Å²) in [7, 11) is 0. The molecule has 1 heterocycles. The molecule has 0 radical (unpaired) electrons. The van der Waals surface area contributed by atoms with Crippen LogP contribution in [0.1, 0.15) is 32.9 Å². The summed E-state index contributed by atoms with van der Waals surface area (Å²) in [5.74, 6) is -0.305. The highest BCUT2D eigenvalue weighted by Crippen LogP contribution is 2.03. The van der Waals surface area contributed by atoms with Crippen LogP contribution in [0.4, 0.5) is 4.39 Å². The quantitative estimate of drug-likeness (QED) is 0.746. The number of hydrogen-bond donors (Lipinski definition) is 0. The lowest BCUT2D eigenvalue weighted by atomic mass is 10.3. The molecule has 0 aliphatic carbocycles. The number of rotatable bonds is 3. The van der Waals surface area contributed by atoms with E-state index in [-0.39, 0.29) is 12.4 Å². The molecule has 3 heteroatoms. The van der Waals surface area contributed by atoms with Crippen molar-refractivity contribution in [1.29, 1.82) is 0 Å². The van der Waals surface area contributed by atoms with E-state index in [1.54, 1.807) is 12.3 Å². The molecule has 0 bridgehead atoms. The Hall–Kier alpha value is -0.960. The van der Waals surface area contributed by atoms with Crippen LogP contribution in [0.5, 0.6) is 0 Å². The maximum absolute atomic E-state index is 12.8. The maximum Gasteiger partial charge on any atom is 0.147 e. The highest BCUT2D eigenvalue weighted by molar-refractivity contribution is 5.05. The molecular weight excluding hydrogens is 181 g/mol. The number of ether oxygens (including phenoxy) is 1. The van der Waals surface area contributed by atoms with Crippen LogP contribution in [-0.2, 0) is 11.3 Å². The lowest BCUT2D eigenvalue weighted by Gasteiger charge is -2.00. The zero-order chi connectivity index (χ0) is 10.8. The Morgan fingerprint density at radius 2 is 2.00 bits per heavy atom. The average molecular weight is 199 g/mol. The highest BCUT2D eigenvalue weighted by Gasteiger charge is 1.99. The number of halogens is 1. The van der Waals surface area contributed by atoms with Gasteiger partial charge in [0.15, 0.2) is 0 Å². The smallest absolute Gasteiger partial charge is 0.147 e.